The molecule has 2 fully saturated rings. The molecule has 2 aromatic carbocycles. The molecule has 6 nitrogen and oxygen atoms in total. The van der Waals surface area contributed by atoms with Crippen molar-refractivity contribution in [3.63, 3.8) is 0 Å². The Labute approximate surface area is 225 Å². The van der Waals surface area contributed by atoms with Gasteiger partial charge in [-0.15, -0.1) is 0 Å². The van der Waals surface area contributed by atoms with Crippen LogP contribution < -0.4 is 0 Å². The van der Waals surface area contributed by atoms with Gasteiger partial charge in [0.1, 0.15) is 5.75 Å². The van der Waals surface area contributed by atoms with Gasteiger partial charge in [0, 0.05) is 7.05 Å². The number of carbonyl (C=O) groups excluding carboxylic acids is 2. The zero-order chi connectivity index (χ0) is 27.1. The summed E-state index contributed by atoms with van der Waals surface area (Å²) in [4.78, 5) is 27.2. The Bertz CT molecular complexity index is 1290. The van der Waals surface area contributed by atoms with Crippen LogP contribution >= 0.6 is 0 Å². The monoisotopic (exact) mass is 513 g/mol. The number of aryl methyl sites for hydroxylation is 2. The molecular formula is C31H36BNO5. The van der Waals surface area contributed by atoms with Crippen LogP contribution in [0.25, 0.3) is 11.6 Å². The van der Waals surface area contributed by atoms with Crippen molar-refractivity contribution in [2.75, 3.05) is 7.05 Å². The smallest absolute Gasteiger partial charge is 0.455 e. The number of phenolic OH excluding ortho intramolecular Hbond substituents is 1. The van der Waals surface area contributed by atoms with Gasteiger partial charge in [0.05, 0.1) is 17.9 Å². The molecule has 2 N–H and O–H groups in total. The van der Waals surface area contributed by atoms with Gasteiger partial charge >= 0.3 is 7.12 Å². The fourth-order valence-electron chi connectivity index (χ4n) is 6.77. The fourth-order valence-corrected chi connectivity index (χ4v) is 6.77. The molecule has 7 heteroatoms. The summed E-state index contributed by atoms with van der Waals surface area (Å²) in [6, 6.07) is 14.2. The molecule has 0 bridgehead atoms. The minimum absolute atomic E-state index is 0.101. The van der Waals surface area contributed by atoms with Crippen molar-refractivity contribution < 1.29 is 24.4 Å². The highest BCUT2D eigenvalue weighted by atomic mass is 16.5. The molecule has 0 aromatic heterocycles. The number of fused-ring (bicyclic) bond motifs is 3. The largest absolute Gasteiger partial charge is 0.507 e. The van der Waals surface area contributed by atoms with E-state index < -0.39 is 13.0 Å². The number of rotatable bonds is 6. The Morgan fingerprint density at radius 1 is 1.11 bits per heavy atom. The number of carbonyl (C=O) groups is 2. The van der Waals surface area contributed by atoms with Gasteiger partial charge in [-0.3, -0.25) is 14.5 Å². The Morgan fingerprint density at radius 2 is 1.79 bits per heavy atom. The first-order valence-electron chi connectivity index (χ1n) is 13.6. The van der Waals surface area contributed by atoms with E-state index in [4.69, 9.17) is 4.65 Å². The maximum atomic E-state index is 13.1. The van der Waals surface area contributed by atoms with Crippen LogP contribution in [0.3, 0.4) is 0 Å². The zero-order valence-corrected chi connectivity index (χ0v) is 22.6. The molecule has 0 saturated carbocycles. The van der Waals surface area contributed by atoms with Crippen molar-refractivity contribution in [2.45, 2.75) is 58.9 Å². The maximum absolute atomic E-state index is 13.1. The number of phenols is 1. The van der Waals surface area contributed by atoms with Crippen LogP contribution in [0.15, 0.2) is 53.6 Å². The zero-order valence-electron chi connectivity index (χ0n) is 22.6. The molecule has 2 amide bonds. The summed E-state index contributed by atoms with van der Waals surface area (Å²) in [6.07, 6.45) is 4.92. The summed E-state index contributed by atoms with van der Waals surface area (Å²) in [7, 11) is 0.608. The number of benzene rings is 2. The van der Waals surface area contributed by atoms with Gasteiger partial charge in [-0.05, 0) is 97.3 Å². The van der Waals surface area contributed by atoms with Crippen molar-refractivity contribution in [3.8, 4) is 5.75 Å². The van der Waals surface area contributed by atoms with Crippen LogP contribution in [-0.4, -0.2) is 47.1 Å². The van der Waals surface area contributed by atoms with E-state index in [1.165, 1.54) is 10.5 Å². The van der Waals surface area contributed by atoms with Crippen molar-refractivity contribution in [1.29, 1.82) is 0 Å². The predicted octanol–water partition coefficient (Wildman–Crippen LogP) is 5.17. The molecule has 0 unspecified atom stereocenters. The van der Waals surface area contributed by atoms with Crippen LogP contribution in [0.2, 0.25) is 6.32 Å². The molecule has 0 spiro atoms. The lowest BCUT2D eigenvalue weighted by Crippen LogP contribution is -2.46. The summed E-state index contributed by atoms with van der Waals surface area (Å²) in [5, 5.41) is 21.0. The highest BCUT2D eigenvalue weighted by Crippen LogP contribution is 2.51. The Morgan fingerprint density at radius 3 is 2.45 bits per heavy atom. The minimum atomic E-state index is -0.967. The number of allylic oxidation sites excluding steroid dienone is 2. The van der Waals surface area contributed by atoms with E-state index >= 15 is 0 Å². The molecule has 2 saturated heterocycles. The van der Waals surface area contributed by atoms with Gasteiger partial charge in [-0.25, -0.2) is 0 Å². The molecular weight excluding hydrogens is 477 g/mol. The second-order valence-corrected chi connectivity index (χ2v) is 11.0. The van der Waals surface area contributed by atoms with E-state index in [0.29, 0.717) is 31.3 Å². The lowest BCUT2D eigenvalue weighted by Gasteiger charge is -2.43. The number of imide groups is 1. The lowest BCUT2D eigenvalue weighted by molar-refractivity contribution is -0.138. The van der Waals surface area contributed by atoms with Crippen LogP contribution in [0.1, 0.15) is 54.9 Å². The topological polar surface area (TPSA) is 87.1 Å². The lowest BCUT2D eigenvalue weighted by atomic mass is 9.58. The van der Waals surface area contributed by atoms with Crippen molar-refractivity contribution in [1.82, 2.24) is 4.90 Å². The van der Waals surface area contributed by atoms with Gasteiger partial charge in [-0.2, -0.15) is 0 Å². The third-order valence-electron chi connectivity index (χ3n) is 8.63. The van der Waals surface area contributed by atoms with E-state index in [-0.39, 0.29) is 29.8 Å². The quantitative estimate of drug-likeness (QED) is 0.241. The average Bonchev–Trinajstić information content (AvgIpc) is 3.12. The summed E-state index contributed by atoms with van der Waals surface area (Å²) >= 11 is 0. The molecule has 198 valence electrons. The van der Waals surface area contributed by atoms with Crippen LogP contribution in [0.4, 0.5) is 0 Å². The van der Waals surface area contributed by atoms with Crippen molar-refractivity contribution >= 4 is 30.6 Å². The van der Waals surface area contributed by atoms with Gasteiger partial charge in [0.25, 0.3) is 0 Å². The molecule has 1 aliphatic carbocycles. The summed E-state index contributed by atoms with van der Waals surface area (Å²) in [5.74, 6) is -0.830. The molecule has 2 aromatic rings. The molecule has 2 heterocycles. The second kappa shape index (κ2) is 10.5. The van der Waals surface area contributed by atoms with Gasteiger partial charge in [0.15, 0.2) is 0 Å². The standard InChI is InChI=1S/C31H36BNO5/c1-5-21-16-24-28(31(36)33(4)30(24)35)25-17-32(37)38-26(27(21)25)12-11-23(22-9-7-6-8-10-22)15-20-13-18(2)29(34)19(3)14-20/h6-10,13-15,24-26,28,34,37H,5,11-12,16-17H2,1-4H3/b23-15-/t24-,25+,26-,28-/m1/s1. The van der Waals surface area contributed by atoms with Gasteiger partial charge < -0.3 is 14.8 Å². The fraction of sp³-hybridized carbons (Fsp3) is 0.419. The summed E-state index contributed by atoms with van der Waals surface area (Å²) < 4.78 is 6.14. The van der Waals surface area contributed by atoms with E-state index in [2.05, 4.69) is 25.1 Å². The first-order chi connectivity index (χ1) is 18.2. The molecule has 4 atom stereocenters. The Balaban J connectivity index is 1.48. The number of hydrogen-bond acceptors (Lipinski definition) is 5. The second-order valence-electron chi connectivity index (χ2n) is 11.0. The number of aromatic hydroxyl groups is 1. The van der Waals surface area contributed by atoms with E-state index in [1.54, 1.807) is 7.05 Å². The minimum Gasteiger partial charge on any atom is -0.507 e. The normalized spacial score (nSPS) is 25.7. The first-order valence-corrected chi connectivity index (χ1v) is 13.6. The van der Waals surface area contributed by atoms with Crippen LogP contribution in [-0.2, 0) is 14.2 Å². The van der Waals surface area contributed by atoms with Crippen LogP contribution in [0, 0.1) is 31.6 Å². The van der Waals surface area contributed by atoms with Crippen LogP contribution in [0.5, 0.6) is 5.75 Å². The molecule has 2 aliphatic heterocycles. The third kappa shape index (κ3) is 4.74. The van der Waals surface area contributed by atoms with E-state index in [9.17, 15) is 19.7 Å². The molecule has 0 radical (unpaired) electrons. The Kier molecular flexibility index (Phi) is 7.34. The maximum Gasteiger partial charge on any atom is 0.455 e. The molecule has 38 heavy (non-hydrogen) atoms. The van der Waals surface area contributed by atoms with E-state index in [0.717, 1.165) is 39.8 Å². The third-order valence-corrected chi connectivity index (χ3v) is 8.63. The Hall–Kier alpha value is -3.16. The summed E-state index contributed by atoms with van der Waals surface area (Å²) in [5.41, 5.74) is 7.25. The number of amides is 2. The SMILES string of the molecule is CCC1=C2[C@@H](CC/C(=C/c3cc(C)c(O)c(C)c3)c3ccccc3)OB(O)C[C@@H]2[C@@H]2C(=O)N(C)C(=O)[C@@H]2C1. The number of nitrogens with zero attached hydrogens (tertiary/aromatic N) is 1. The van der Waals surface area contributed by atoms with Gasteiger partial charge in [0.2, 0.25) is 11.8 Å². The highest BCUT2D eigenvalue weighted by molar-refractivity contribution is 6.43. The average molecular weight is 513 g/mol. The number of hydrogen-bond donors (Lipinski definition) is 2. The van der Waals surface area contributed by atoms with Crippen molar-refractivity contribution in [2.24, 2.45) is 17.8 Å². The van der Waals surface area contributed by atoms with Crippen molar-refractivity contribution in [3.05, 3.63) is 75.9 Å². The number of likely N-dealkylation sites (tertiary alicyclic amines) is 1. The molecule has 5 rings (SSSR count). The molecule has 3 aliphatic rings. The van der Waals surface area contributed by atoms with E-state index in [1.807, 2.05) is 44.2 Å². The highest BCUT2D eigenvalue weighted by Gasteiger charge is 2.56. The first kappa shape index (κ1) is 26.5. The van der Waals surface area contributed by atoms with Gasteiger partial charge in [-0.1, -0.05) is 48.9 Å². The summed E-state index contributed by atoms with van der Waals surface area (Å²) in [6.45, 7) is 5.90. The predicted molar refractivity (Wildman–Crippen MR) is 149 cm³/mol.